The van der Waals surface area contributed by atoms with Gasteiger partial charge in [0.25, 0.3) is 0 Å². The standard InChI is InChI=1S/C29H51NO2Si/c1-19(2)33(20(3)4,21(5)6)32-26-10-9-24-23-12-16-29(18-30)17-22(31)11-15-28(29,8)25(23)13-14-27(24,26)7/h19-26,31H,9-17H2,1-8H3/t22?,23-,24-,25+,26?,27-,28+,29?/m0/s1. The Morgan fingerprint density at radius 3 is 2.06 bits per heavy atom. The second-order valence-corrected chi connectivity index (χ2v) is 19.4. The van der Waals surface area contributed by atoms with E-state index in [-0.39, 0.29) is 22.3 Å². The monoisotopic (exact) mass is 473 g/mol. The summed E-state index contributed by atoms with van der Waals surface area (Å²) in [5.74, 6) is 2.10. The van der Waals surface area contributed by atoms with Crippen LogP contribution in [0.5, 0.6) is 0 Å². The first-order valence-electron chi connectivity index (χ1n) is 14.1. The molecule has 4 heteroatoms. The van der Waals surface area contributed by atoms with Crippen molar-refractivity contribution >= 4 is 8.32 Å². The van der Waals surface area contributed by atoms with Gasteiger partial charge in [-0.15, -0.1) is 0 Å². The summed E-state index contributed by atoms with van der Waals surface area (Å²) in [7, 11) is -1.90. The molecule has 0 amide bonds. The normalized spacial score (nSPS) is 45.6. The number of nitriles is 1. The highest BCUT2D eigenvalue weighted by atomic mass is 28.4. The Morgan fingerprint density at radius 2 is 1.48 bits per heavy atom. The predicted octanol–water partition coefficient (Wildman–Crippen LogP) is 7.84. The highest BCUT2D eigenvalue weighted by molar-refractivity contribution is 6.77. The third-order valence-electron chi connectivity index (χ3n) is 12.0. The summed E-state index contributed by atoms with van der Waals surface area (Å²) in [5, 5.41) is 20.8. The number of nitrogens with zero attached hydrogens (tertiary/aromatic N) is 1. The van der Waals surface area contributed by atoms with Crippen LogP contribution >= 0.6 is 0 Å². The summed E-state index contributed by atoms with van der Waals surface area (Å²) in [6.07, 6.45) is 9.91. The smallest absolute Gasteiger partial charge is 0.200 e. The molecular weight excluding hydrogens is 422 g/mol. The fourth-order valence-electron chi connectivity index (χ4n) is 10.3. The average Bonchev–Trinajstić information content (AvgIpc) is 3.07. The molecule has 8 atom stereocenters. The molecule has 4 aliphatic carbocycles. The average molecular weight is 474 g/mol. The van der Waals surface area contributed by atoms with Crippen molar-refractivity contribution in [1.82, 2.24) is 0 Å². The van der Waals surface area contributed by atoms with E-state index in [4.69, 9.17) is 4.43 Å². The molecule has 0 heterocycles. The lowest BCUT2D eigenvalue weighted by atomic mass is 9.40. The van der Waals surface area contributed by atoms with E-state index in [1.807, 2.05) is 0 Å². The maximum absolute atomic E-state index is 10.5. The third-order valence-corrected chi connectivity index (χ3v) is 18.1. The zero-order valence-electron chi connectivity index (χ0n) is 22.8. The topological polar surface area (TPSA) is 53.2 Å². The second kappa shape index (κ2) is 8.63. The van der Waals surface area contributed by atoms with Crippen molar-refractivity contribution in [3.05, 3.63) is 0 Å². The minimum Gasteiger partial charge on any atom is -0.413 e. The van der Waals surface area contributed by atoms with Gasteiger partial charge in [0.1, 0.15) is 0 Å². The van der Waals surface area contributed by atoms with E-state index in [1.54, 1.807) is 0 Å². The van der Waals surface area contributed by atoms with E-state index in [2.05, 4.69) is 61.5 Å². The number of fused-ring (bicyclic) bond motifs is 5. The Bertz CT molecular complexity index is 752. The molecule has 0 aliphatic heterocycles. The Kier molecular flexibility index (Phi) is 6.72. The van der Waals surface area contributed by atoms with Crippen LogP contribution in [0.1, 0.15) is 113 Å². The number of rotatable bonds is 5. The molecule has 0 aromatic heterocycles. The first-order valence-corrected chi connectivity index (χ1v) is 16.3. The van der Waals surface area contributed by atoms with Crippen molar-refractivity contribution in [2.45, 2.75) is 142 Å². The summed E-state index contributed by atoms with van der Waals surface area (Å²) in [5.41, 5.74) is 1.94. The van der Waals surface area contributed by atoms with Gasteiger partial charge in [0.2, 0.25) is 8.32 Å². The molecule has 0 saturated heterocycles. The summed E-state index contributed by atoms with van der Waals surface area (Å²) in [6, 6.07) is 2.79. The molecule has 0 radical (unpaired) electrons. The van der Waals surface area contributed by atoms with Gasteiger partial charge in [-0.2, -0.15) is 5.26 Å². The van der Waals surface area contributed by atoms with Crippen LogP contribution in [0.25, 0.3) is 0 Å². The van der Waals surface area contributed by atoms with Crippen LogP contribution in [0.4, 0.5) is 0 Å². The Hall–Kier alpha value is -0.373. The highest BCUT2D eigenvalue weighted by Gasteiger charge is 2.66. The fraction of sp³-hybridized carbons (Fsp3) is 0.966. The lowest BCUT2D eigenvalue weighted by Crippen LogP contribution is -2.60. The van der Waals surface area contributed by atoms with Gasteiger partial charge in [-0.1, -0.05) is 55.4 Å². The van der Waals surface area contributed by atoms with Gasteiger partial charge in [-0.3, -0.25) is 0 Å². The van der Waals surface area contributed by atoms with Crippen molar-refractivity contribution in [3.63, 3.8) is 0 Å². The lowest BCUT2D eigenvalue weighted by molar-refractivity contribution is -0.158. The molecule has 4 fully saturated rings. The molecule has 4 aliphatic rings. The van der Waals surface area contributed by atoms with Crippen LogP contribution in [0.15, 0.2) is 0 Å². The van der Waals surface area contributed by atoms with Crippen LogP contribution in [0.2, 0.25) is 16.6 Å². The second-order valence-electron chi connectivity index (χ2n) is 14.0. The summed E-state index contributed by atoms with van der Waals surface area (Å²) < 4.78 is 7.48. The largest absolute Gasteiger partial charge is 0.413 e. The molecule has 4 saturated carbocycles. The summed E-state index contributed by atoms with van der Waals surface area (Å²) in [4.78, 5) is 0. The van der Waals surface area contributed by atoms with Crippen LogP contribution in [-0.4, -0.2) is 25.6 Å². The minimum atomic E-state index is -1.90. The molecule has 3 nitrogen and oxygen atoms in total. The van der Waals surface area contributed by atoms with Gasteiger partial charge >= 0.3 is 0 Å². The molecule has 0 bridgehead atoms. The number of aliphatic hydroxyl groups is 1. The van der Waals surface area contributed by atoms with Crippen LogP contribution in [0.3, 0.4) is 0 Å². The zero-order valence-corrected chi connectivity index (χ0v) is 23.8. The quantitative estimate of drug-likeness (QED) is 0.414. The molecule has 3 unspecified atom stereocenters. The fourth-order valence-corrected chi connectivity index (χ4v) is 16.0. The van der Waals surface area contributed by atoms with E-state index in [0.717, 1.165) is 31.1 Å². The van der Waals surface area contributed by atoms with Gasteiger partial charge in [-0.25, -0.2) is 0 Å². The maximum Gasteiger partial charge on any atom is 0.200 e. The number of aliphatic hydroxyl groups excluding tert-OH is 1. The van der Waals surface area contributed by atoms with E-state index >= 15 is 0 Å². The molecule has 33 heavy (non-hydrogen) atoms. The van der Waals surface area contributed by atoms with Crippen LogP contribution < -0.4 is 0 Å². The predicted molar refractivity (Wildman–Crippen MR) is 138 cm³/mol. The molecule has 0 aromatic carbocycles. The first-order chi connectivity index (χ1) is 15.4. The molecule has 4 rings (SSSR count). The van der Waals surface area contributed by atoms with Gasteiger partial charge in [0.05, 0.1) is 23.7 Å². The van der Waals surface area contributed by atoms with Crippen molar-refractivity contribution in [2.75, 3.05) is 0 Å². The van der Waals surface area contributed by atoms with Crippen LogP contribution in [0, 0.1) is 45.3 Å². The number of hydrogen-bond donors (Lipinski definition) is 1. The van der Waals surface area contributed by atoms with E-state index in [0.29, 0.717) is 35.1 Å². The summed E-state index contributed by atoms with van der Waals surface area (Å²) >= 11 is 0. The third kappa shape index (κ3) is 3.53. The first kappa shape index (κ1) is 25.7. The highest BCUT2D eigenvalue weighted by Crippen LogP contribution is 2.70. The Morgan fingerprint density at radius 1 is 0.848 bits per heavy atom. The van der Waals surface area contributed by atoms with Crippen molar-refractivity contribution < 1.29 is 9.53 Å². The Labute approximate surface area is 205 Å². The molecule has 188 valence electrons. The molecule has 1 N–H and O–H groups in total. The van der Waals surface area contributed by atoms with Gasteiger partial charge in [0.15, 0.2) is 0 Å². The SMILES string of the molecule is CC(C)[Si](OC1CC[C@H]2[C@@H]3CCC4(C#N)CC(O)CC[C@]4(C)[C@@H]3CC[C@]12C)(C(C)C)C(C)C. The van der Waals surface area contributed by atoms with Crippen molar-refractivity contribution in [3.8, 4) is 6.07 Å². The van der Waals surface area contributed by atoms with Crippen molar-refractivity contribution in [2.24, 2.45) is 34.0 Å². The van der Waals surface area contributed by atoms with Gasteiger partial charge in [0, 0.05) is 0 Å². The van der Waals surface area contributed by atoms with E-state index in [9.17, 15) is 10.4 Å². The zero-order chi connectivity index (χ0) is 24.4. The minimum absolute atomic E-state index is 0.0659. The maximum atomic E-state index is 10.5. The molecule has 0 aromatic rings. The number of hydrogen-bond acceptors (Lipinski definition) is 3. The van der Waals surface area contributed by atoms with E-state index in [1.165, 1.54) is 32.1 Å². The van der Waals surface area contributed by atoms with Crippen molar-refractivity contribution in [1.29, 1.82) is 5.26 Å². The van der Waals surface area contributed by atoms with Crippen LogP contribution in [-0.2, 0) is 4.43 Å². The molecule has 0 spiro atoms. The molecular formula is C29H51NO2Si. The van der Waals surface area contributed by atoms with E-state index < -0.39 is 8.32 Å². The Balaban J connectivity index is 1.62. The lowest BCUT2D eigenvalue weighted by Gasteiger charge is -2.63. The van der Waals surface area contributed by atoms with Gasteiger partial charge < -0.3 is 9.53 Å². The van der Waals surface area contributed by atoms with Gasteiger partial charge in [-0.05, 0) is 103 Å². The summed E-state index contributed by atoms with van der Waals surface area (Å²) in [6.45, 7) is 19.5.